The Morgan fingerprint density at radius 2 is 2.25 bits per heavy atom. The molecule has 0 atom stereocenters. The fourth-order valence-electron chi connectivity index (χ4n) is 1.96. The zero-order chi connectivity index (χ0) is 13.9. The van der Waals surface area contributed by atoms with E-state index in [0.29, 0.717) is 12.8 Å². The van der Waals surface area contributed by atoms with E-state index in [-0.39, 0.29) is 5.91 Å². The number of nitrogens with one attached hydrogen (secondary N) is 1. The minimum absolute atomic E-state index is 0.0175. The van der Waals surface area contributed by atoms with Gasteiger partial charge in [0.1, 0.15) is 10.8 Å². The van der Waals surface area contributed by atoms with Crippen LogP contribution in [-0.2, 0) is 4.79 Å². The van der Waals surface area contributed by atoms with Crippen LogP contribution in [0.15, 0.2) is 35.7 Å². The number of carbonyl (C=O) groups is 1. The van der Waals surface area contributed by atoms with E-state index >= 15 is 0 Å². The molecule has 0 saturated heterocycles. The number of nitrogens with zero attached hydrogens (tertiary/aromatic N) is 3. The number of hydrogen-bond donors (Lipinski definition) is 1. The number of allylic oxidation sites excluding steroid dienone is 1. The third kappa shape index (κ3) is 2.70. The van der Waals surface area contributed by atoms with Crippen LogP contribution in [0, 0.1) is 6.92 Å². The average Bonchev–Trinajstić information content (AvgIpc) is 3.06. The van der Waals surface area contributed by atoms with Crippen molar-refractivity contribution in [3.63, 3.8) is 0 Å². The quantitative estimate of drug-likeness (QED) is 0.942. The smallest absolute Gasteiger partial charge is 0.240 e. The van der Waals surface area contributed by atoms with Crippen molar-refractivity contribution in [2.75, 3.05) is 0 Å². The fraction of sp³-hybridized carbons (Fsp3) is 0.214. The van der Waals surface area contributed by atoms with Gasteiger partial charge in [0, 0.05) is 30.1 Å². The molecular formula is C14H14N4OS. The molecule has 102 valence electrons. The van der Waals surface area contributed by atoms with Crippen molar-refractivity contribution in [1.29, 1.82) is 0 Å². The van der Waals surface area contributed by atoms with E-state index in [2.05, 4.69) is 32.2 Å². The molecule has 6 heteroatoms. The monoisotopic (exact) mass is 286 g/mol. The Kier molecular flexibility index (Phi) is 3.47. The van der Waals surface area contributed by atoms with Crippen LogP contribution in [0.2, 0.25) is 0 Å². The Bertz CT molecular complexity index is 696. The first-order valence-corrected chi connectivity index (χ1v) is 7.18. The van der Waals surface area contributed by atoms with Gasteiger partial charge < -0.3 is 0 Å². The van der Waals surface area contributed by atoms with Gasteiger partial charge in [0.2, 0.25) is 5.91 Å². The number of hydrazone groups is 1. The molecular weight excluding hydrogens is 272 g/mol. The zero-order valence-corrected chi connectivity index (χ0v) is 11.9. The van der Waals surface area contributed by atoms with Gasteiger partial charge >= 0.3 is 0 Å². The summed E-state index contributed by atoms with van der Waals surface area (Å²) in [6.45, 7) is 1.98. The number of amides is 1. The summed E-state index contributed by atoms with van der Waals surface area (Å²) < 4.78 is 2.06. The molecule has 0 fully saturated rings. The molecule has 3 heterocycles. The molecule has 1 amide bonds. The van der Waals surface area contributed by atoms with Crippen LogP contribution in [0.25, 0.3) is 11.1 Å². The third-order valence-electron chi connectivity index (χ3n) is 3.05. The second-order valence-corrected chi connectivity index (χ2v) is 5.59. The molecule has 1 aliphatic heterocycles. The highest BCUT2D eigenvalue weighted by atomic mass is 32.1. The molecule has 20 heavy (non-hydrogen) atoms. The molecule has 1 aliphatic rings. The lowest BCUT2D eigenvalue weighted by Crippen LogP contribution is -2.24. The molecule has 3 rings (SSSR count). The Labute approximate surface area is 120 Å². The third-order valence-corrected chi connectivity index (χ3v) is 4.10. The topological polar surface area (TPSA) is 59.3 Å². The Hall–Kier alpha value is -2.21. The summed E-state index contributed by atoms with van der Waals surface area (Å²) in [6.07, 6.45) is 8.93. The predicted octanol–water partition coefficient (Wildman–Crippen LogP) is 2.52. The molecule has 0 unspecified atom stereocenters. The van der Waals surface area contributed by atoms with Crippen molar-refractivity contribution in [2.24, 2.45) is 5.10 Å². The highest BCUT2D eigenvalue weighted by Crippen LogP contribution is 2.23. The van der Waals surface area contributed by atoms with Gasteiger partial charge in [0.15, 0.2) is 0 Å². The number of imidazole rings is 1. The van der Waals surface area contributed by atoms with Crippen LogP contribution >= 0.6 is 11.3 Å². The van der Waals surface area contributed by atoms with Gasteiger partial charge in [-0.2, -0.15) is 5.10 Å². The first kappa shape index (κ1) is 12.8. The maximum Gasteiger partial charge on any atom is 0.240 e. The normalized spacial score (nSPS) is 15.4. The SMILES string of the molecule is Cc1nccn1-c1ccc(C=CC2=NNC(=O)CC2)s1. The van der Waals surface area contributed by atoms with Crippen molar-refractivity contribution in [2.45, 2.75) is 19.8 Å². The van der Waals surface area contributed by atoms with Gasteiger partial charge in [0.05, 0.1) is 5.71 Å². The summed E-state index contributed by atoms with van der Waals surface area (Å²) in [5.41, 5.74) is 3.39. The van der Waals surface area contributed by atoms with Gasteiger partial charge in [-0.15, -0.1) is 11.3 Å². The van der Waals surface area contributed by atoms with Crippen LogP contribution in [-0.4, -0.2) is 21.2 Å². The fourth-order valence-corrected chi connectivity index (χ4v) is 2.90. The number of hydrogen-bond acceptors (Lipinski definition) is 4. The lowest BCUT2D eigenvalue weighted by atomic mass is 10.1. The van der Waals surface area contributed by atoms with Crippen LogP contribution < -0.4 is 5.43 Å². The van der Waals surface area contributed by atoms with Gasteiger partial charge in [-0.1, -0.05) is 0 Å². The summed E-state index contributed by atoms with van der Waals surface area (Å²) in [5, 5.41) is 5.15. The van der Waals surface area contributed by atoms with Crippen LogP contribution in [0.1, 0.15) is 23.5 Å². The Balaban J connectivity index is 1.75. The van der Waals surface area contributed by atoms with Crippen LogP contribution in [0.5, 0.6) is 0 Å². The number of thiophene rings is 1. The zero-order valence-electron chi connectivity index (χ0n) is 11.0. The van der Waals surface area contributed by atoms with E-state index in [1.165, 1.54) is 0 Å². The summed E-state index contributed by atoms with van der Waals surface area (Å²) in [4.78, 5) is 16.4. The van der Waals surface area contributed by atoms with Crippen LogP contribution in [0.3, 0.4) is 0 Å². The molecule has 0 bridgehead atoms. The summed E-state index contributed by atoms with van der Waals surface area (Å²) in [7, 11) is 0. The van der Waals surface area contributed by atoms with Crippen molar-refractivity contribution in [3.8, 4) is 5.00 Å². The van der Waals surface area contributed by atoms with Gasteiger partial charge in [0.25, 0.3) is 0 Å². The second-order valence-electron chi connectivity index (χ2n) is 4.49. The number of carbonyl (C=O) groups excluding carboxylic acids is 1. The lowest BCUT2D eigenvalue weighted by Gasteiger charge is -2.07. The highest BCUT2D eigenvalue weighted by Gasteiger charge is 2.09. The summed E-state index contributed by atoms with van der Waals surface area (Å²) in [6, 6.07) is 4.14. The predicted molar refractivity (Wildman–Crippen MR) is 80.0 cm³/mol. The standard InChI is InChI=1S/C14H14N4OS/c1-10-15-8-9-18(10)14-7-5-12(20-14)4-2-11-3-6-13(19)17-16-11/h2,4-5,7-9H,3,6H2,1H3,(H,17,19). The molecule has 0 saturated carbocycles. The highest BCUT2D eigenvalue weighted by molar-refractivity contribution is 7.15. The van der Waals surface area contributed by atoms with E-state index < -0.39 is 0 Å². The van der Waals surface area contributed by atoms with Gasteiger partial charge in [-0.25, -0.2) is 10.4 Å². The molecule has 0 aromatic carbocycles. The minimum atomic E-state index is -0.0175. The van der Waals surface area contributed by atoms with E-state index in [9.17, 15) is 4.79 Å². The van der Waals surface area contributed by atoms with E-state index in [0.717, 1.165) is 21.4 Å². The first-order valence-electron chi connectivity index (χ1n) is 6.36. The lowest BCUT2D eigenvalue weighted by molar-refractivity contribution is -0.121. The summed E-state index contributed by atoms with van der Waals surface area (Å²) >= 11 is 1.69. The minimum Gasteiger partial charge on any atom is -0.295 e. The number of aryl methyl sites for hydroxylation is 1. The molecule has 2 aromatic rings. The van der Waals surface area contributed by atoms with Crippen molar-refractivity contribution in [1.82, 2.24) is 15.0 Å². The average molecular weight is 286 g/mol. The van der Waals surface area contributed by atoms with Gasteiger partial charge in [-0.3, -0.25) is 9.36 Å². The van der Waals surface area contributed by atoms with Gasteiger partial charge in [-0.05, 0) is 31.2 Å². The second kappa shape index (κ2) is 5.42. The molecule has 2 aromatic heterocycles. The Morgan fingerprint density at radius 1 is 1.35 bits per heavy atom. The Morgan fingerprint density at radius 3 is 2.95 bits per heavy atom. The molecule has 1 N–H and O–H groups in total. The summed E-state index contributed by atoms with van der Waals surface area (Å²) in [5.74, 6) is 0.956. The largest absolute Gasteiger partial charge is 0.295 e. The number of aromatic nitrogens is 2. The number of rotatable bonds is 3. The van der Waals surface area contributed by atoms with Crippen molar-refractivity contribution in [3.05, 3.63) is 41.3 Å². The van der Waals surface area contributed by atoms with E-state index in [1.54, 1.807) is 17.5 Å². The maximum atomic E-state index is 11.0. The molecule has 0 radical (unpaired) electrons. The molecule has 5 nitrogen and oxygen atoms in total. The first-order chi connectivity index (χ1) is 9.72. The molecule has 0 spiro atoms. The van der Waals surface area contributed by atoms with Crippen LogP contribution in [0.4, 0.5) is 0 Å². The van der Waals surface area contributed by atoms with Crippen molar-refractivity contribution < 1.29 is 4.79 Å². The molecule has 0 aliphatic carbocycles. The van der Waals surface area contributed by atoms with E-state index in [4.69, 9.17) is 0 Å². The maximum absolute atomic E-state index is 11.0. The van der Waals surface area contributed by atoms with E-state index in [1.807, 2.05) is 25.3 Å². The van der Waals surface area contributed by atoms with Crippen molar-refractivity contribution >= 4 is 29.0 Å².